The van der Waals surface area contributed by atoms with E-state index in [0.29, 0.717) is 17.9 Å². The van der Waals surface area contributed by atoms with E-state index < -0.39 is 15.9 Å². The summed E-state index contributed by atoms with van der Waals surface area (Å²) >= 11 is 6.95. The van der Waals surface area contributed by atoms with Gasteiger partial charge in [0.25, 0.3) is 11.8 Å². The van der Waals surface area contributed by atoms with Gasteiger partial charge in [-0.25, -0.2) is 13.1 Å². The molecule has 0 aliphatic carbocycles. The highest BCUT2D eigenvalue weighted by Gasteiger charge is 2.18. The van der Waals surface area contributed by atoms with Crippen molar-refractivity contribution in [3.63, 3.8) is 0 Å². The number of halogens is 2. The zero-order valence-corrected chi connectivity index (χ0v) is 19.7. The molecule has 0 aliphatic heterocycles. The summed E-state index contributed by atoms with van der Waals surface area (Å²) in [5, 5.41) is 2.79. The van der Waals surface area contributed by atoms with Crippen LogP contribution in [0.4, 0.5) is 5.69 Å². The van der Waals surface area contributed by atoms with Crippen molar-refractivity contribution in [2.75, 3.05) is 11.6 Å². The molecule has 2 aromatic carbocycles. The van der Waals surface area contributed by atoms with E-state index in [0.717, 1.165) is 20.9 Å². The Morgan fingerprint density at radius 1 is 0.967 bits per heavy atom. The number of amides is 2. The van der Waals surface area contributed by atoms with Crippen molar-refractivity contribution in [3.05, 3.63) is 86.6 Å². The molecule has 3 aromatic rings. The first-order chi connectivity index (χ1) is 14.1. The van der Waals surface area contributed by atoms with Crippen LogP contribution in [0.5, 0.6) is 0 Å². The average molecular weight is 555 g/mol. The van der Waals surface area contributed by atoms with Crippen LogP contribution in [0.3, 0.4) is 0 Å². The number of carbonyl (C=O) groups excluding carboxylic acids is 2. The van der Waals surface area contributed by atoms with Crippen molar-refractivity contribution in [1.82, 2.24) is 9.29 Å². The molecule has 7 nitrogen and oxygen atoms in total. The summed E-state index contributed by atoms with van der Waals surface area (Å²) in [5.74, 6) is -1.06. The molecule has 10 heteroatoms. The Hall–Kier alpha value is -2.43. The fourth-order valence-electron chi connectivity index (χ4n) is 2.73. The topological polar surface area (TPSA) is 97.3 Å². The van der Waals surface area contributed by atoms with Gasteiger partial charge in [0.2, 0.25) is 10.0 Å². The fourth-order valence-corrected chi connectivity index (χ4v) is 4.04. The van der Waals surface area contributed by atoms with Crippen LogP contribution in [0.15, 0.2) is 69.7 Å². The van der Waals surface area contributed by atoms with E-state index in [1.165, 1.54) is 24.3 Å². The summed E-state index contributed by atoms with van der Waals surface area (Å²) in [5.41, 5.74) is 2.11. The standard InChI is InChI=1S/C20H17Br2N3O4S/c1-30(28,29)24-19(26)14-7-9-15(10-8-14)23-20(27)17-11-16(21)18(22)25(17)12-13-5-3-2-4-6-13/h2-11H,12H2,1H3,(H,23,27)(H,24,26). The molecular formula is C20H17Br2N3O4S. The van der Waals surface area contributed by atoms with Crippen LogP contribution in [0.2, 0.25) is 0 Å². The lowest BCUT2D eigenvalue weighted by Gasteiger charge is -2.12. The highest BCUT2D eigenvalue weighted by atomic mass is 79.9. The van der Waals surface area contributed by atoms with Gasteiger partial charge in [-0.2, -0.15) is 0 Å². The Bertz CT molecular complexity index is 1190. The maximum atomic E-state index is 12.9. The Kier molecular flexibility index (Phi) is 6.79. The quantitative estimate of drug-likeness (QED) is 0.481. The van der Waals surface area contributed by atoms with E-state index in [-0.39, 0.29) is 11.5 Å². The molecule has 2 N–H and O–H groups in total. The van der Waals surface area contributed by atoms with Crippen LogP contribution in [0, 0.1) is 0 Å². The van der Waals surface area contributed by atoms with Gasteiger partial charge in [-0.3, -0.25) is 9.59 Å². The molecule has 3 rings (SSSR count). The second-order valence-corrected chi connectivity index (χ2v) is 9.83. The number of sulfonamides is 1. The summed E-state index contributed by atoms with van der Waals surface area (Å²) in [4.78, 5) is 24.7. The van der Waals surface area contributed by atoms with E-state index in [4.69, 9.17) is 0 Å². The van der Waals surface area contributed by atoms with E-state index in [2.05, 4.69) is 37.2 Å². The predicted molar refractivity (Wildman–Crippen MR) is 122 cm³/mol. The summed E-state index contributed by atoms with van der Waals surface area (Å²) in [6.45, 7) is 0.500. The molecule has 1 aromatic heterocycles. The summed E-state index contributed by atoms with van der Waals surface area (Å²) in [6.07, 6.45) is 0.903. The van der Waals surface area contributed by atoms with Crippen molar-refractivity contribution in [1.29, 1.82) is 0 Å². The normalized spacial score (nSPS) is 11.2. The maximum absolute atomic E-state index is 12.9. The van der Waals surface area contributed by atoms with E-state index in [1.54, 1.807) is 6.07 Å². The third-order valence-corrected chi connectivity index (χ3v) is 6.64. The van der Waals surface area contributed by atoms with Crippen molar-refractivity contribution < 1.29 is 18.0 Å². The molecule has 0 bridgehead atoms. The van der Waals surface area contributed by atoms with Gasteiger partial charge < -0.3 is 9.88 Å². The fraction of sp³-hybridized carbons (Fsp3) is 0.100. The van der Waals surface area contributed by atoms with Gasteiger partial charge in [-0.1, -0.05) is 30.3 Å². The number of hydrogen-bond acceptors (Lipinski definition) is 4. The van der Waals surface area contributed by atoms with E-state index in [9.17, 15) is 18.0 Å². The van der Waals surface area contributed by atoms with E-state index >= 15 is 0 Å². The number of aromatic nitrogens is 1. The molecule has 30 heavy (non-hydrogen) atoms. The van der Waals surface area contributed by atoms with Crippen LogP contribution < -0.4 is 10.0 Å². The molecule has 0 aliphatic rings. The largest absolute Gasteiger partial charge is 0.326 e. The third kappa shape index (κ3) is 5.59. The third-order valence-electron chi connectivity index (χ3n) is 4.09. The minimum atomic E-state index is -3.65. The van der Waals surface area contributed by atoms with Crippen molar-refractivity contribution >= 4 is 59.4 Å². The number of anilines is 1. The van der Waals surface area contributed by atoms with E-state index in [1.807, 2.05) is 39.6 Å². The summed E-state index contributed by atoms with van der Waals surface area (Å²) in [7, 11) is -3.65. The number of benzene rings is 2. The lowest BCUT2D eigenvalue weighted by atomic mass is 10.2. The number of nitrogens with zero attached hydrogens (tertiary/aromatic N) is 1. The van der Waals surface area contributed by atoms with Crippen LogP contribution in [0.25, 0.3) is 0 Å². The Morgan fingerprint density at radius 3 is 2.20 bits per heavy atom. The molecule has 0 atom stereocenters. The summed E-state index contributed by atoms with van der Waals surface area (Å²) in [6, 6.07) is 17.4. The molecule has 0 saturated carbocycles. The number of nitrogens with one attached hydrogen (secondary N) is 2. The van der Waals surface area contributed by atoms with Gasteiger partial charge in [-0.15, -0.1) is 0 Å². The molecule has 0 unspecified atom stereocenters. The van der Waals surface area contributed by atoms with Crippen molar-refractivity contribution in [2.24, 2.45) is 0 Å². The van der Waals surface area contributed by atoms with Gasteiger partial charge in [0.15, 0.2) is 0 Å². The van der Waals surface area contributed by atoms with Gasteiger partial charge in [0.1, 0.15) is 5.69 Å². The van der Waals surface area contributed by atoms with Crippen LogP contribution >= 0.6 is 31.9 Å². The lowest BCUT2D eigenvalue weighted by molar-refractivity contribution is 0.0980. The predicted octanol–water partition coefficient (Wildman–Crippen LogP) is 4.00. The molecule has 1 heterocycles. The lowest BCUT2D eigenvalue weighted by Crippen LogP contribution is -2.29. The molecule has 0 saturated heterocycles. The SMILES string of the molecule is CS(=O)(=O)NC(=O)c1ccc(NC(=O)c2cc(Br)c(Br)n2Cc2ccccc2)cc1. The zero-order chi connectivity index (χ0) is 21.9. The second kappa shape index (κ2) is 9.15. The van der Waals surface area contributed by atoms with Crippen LogP contribution in [0.1, 0.15) is 26.4 Å². The highest BCUT2D eigenvalue weighted by molar-refractivity contribution is 9.13. The number of carbonyl (C=O) groups is 2. The van der Waals surface area contributed by atoms with Gasteiger partial charge >= 0.3 is 0 Å². The smallest absolute Gasteiger partial charge is 0.272 e. The minimum absolute atomic E-state index is 0.163. The van der Waals surface area contributed by atoms with Gasteiger partial charge in [0, 0.05) is 17.8 Å². The molecule has 0 radical (unpaired) electrons. The Morgan fingerprint density at radius 2 is 1.60 bits per heavy atom. The summed E-state index contributed by atoms with van der Waals surface area (Å²) < 4.78 is 27.6. The van der Waals surface area contributed by atoms with Crippen LogP contribution in [-0.4, -0.2) is 31.1 Å². The Balaban J connectivity index is 1.78. The first kappa shape index (κ1) is 22.3. The van der Waals surface area contributed by atoms with Crippen LogP contribution in [-0.2, 0) is 16.6 Å². The molecule has 156 valence electrons. The van der Waals surface area contributed by atoms with Crippen molar-refractivity contribution in [2.45, 2.75) is 6.54 Å². The molecule has 0 fully saturated rings. The maximum Gasteiger partial charge on any atom is 0.272 e. The number of hydrogen-bond donors (Lipinski definition) is 2. The first-order valence-electron chi connectivity index (χ1n) is 8.66. The zero-order valence-electron chi connectivity index (χ0n) is 15.7. The molecule has 0 spiro atoms. The second-order valence-electron chi connectivity index (χ2n) is 6.47. The number of rotatable bonds is 6. The van der Waals surface area contributed by atoms with Gasteiger partial charge in [0.05, 0.1) is 15.3 Å². The monoisotopic (exact) mass is 553 g/mol. The Labute approximate surface area is 190 Å². The minimum Gasteiger partial charge on any atom is -0.326 e. The van der Waals surface area contributed by atoms with Gasteiger partial charge in [-0.05, 0) is 67.8 Å². The highest BCUT2D eigenvalue weighted by Crippen LogP contribution is 2.29. The molecular weight excluding hydrogens is 538 g/mol. The average Bonchev–Trinajstić information content (AvgIpc) is 2.96. The first-order valence-corrected chi connectivity index (χ1v) is 12.1. The molecule has 2 amide bonds. The van der Waals surface area contributed by atoms with Crippen molar-refractivity contribution in [3.8, 4) is 0 Å².